The van der Waals surface area contributed by atoms with E-state index >= 15 is 0 Å². The van der Waals surface area contributed by atoms with Crippen molar-refractivity contribution in [3.8, 4) is 0 Å². The van der Waals surface area contributed by atoms with Gasteiger partial charge in [-0.2, -0.15) is 0 Å². The Labute approximate surface area is 118 Å². The van der Waals surface area contributed by atoms with Gasteiger partial charge in [0.05, 0.1) is 6.10 Å². The summed E-state index contributed by atoms with van der Waals surface area (Å²) in [5.41, 5.74) is 0.440. The van der Waals surface area contributed by atoms with Crippen LogP contribution in [0.2, 0.25) is 0 Å². The fourth-order valence-electron chi connectivity index (χ4n) is 4.53. The van der Waals surface area contributed by atoms with E-state index in [0.29, 0.717) is 17.7 Å². The van der Waals surface area contributed by atoms with Crippen LogP contribution in [-0.2, 0) is 4.74 Å². The molecule has 3 rings (SSSR count). The van der Waals surface area contributed by atoms with Crippen LogP contribution in [0.3, 0.4) is 0 Å². The number of hydrogen-bond acceptors (Lipinski definition) is 3. The van der Waals surface area contributed by atoms with Crippen LogP contribution in [-0.4, -0.2) is 48.8 Å². The molecule has 3 atom stereocenters. The number of ether oxygens (including phenoxy) is 1. The van der Waals surface area contributed by atoms with Crippen molar-refractivity contribution in [2.75, 3.05) is 20.2 Å². The van der Waals surface area contributed by atoms with Gasteiger partial charge >= 0.3 is 0 Å². The first-order valence-electron chi connectivity index (χ1n) is 8.26. The van der Waals surface area contributed by atoms with Crippen molar-refractivity contribution in [3.63, 3.8) is 0 Å². The molecule has 1 aliphatic heterocycles. The number of nitrogens with zero attached hydrogens (tertiary/aromatic N) is 1. The third kappa shape index (κ3) is 2.84. The Kier molecular flexibility index (Phi) is 4.16. The number of hydrogen-bond donors (Lipinski definition) is 1. The first-order chi connectivity index (χ1) is 9.22. The van der Waals surface area contributed by atoms with Crippen LogP contribution in [0, 0.1) is 0 Å². The van der Waals surface area contributed by atoms with Crippen molar-refractivity contribution >= 4 is 0 Å². The van der Waals surface area contributed by atoms with E-state index in [2.05, 4.69) is 17.1 Å². The van der Waals surface area contributed by atoms with E-state index in [1.807, 2.05) is 7.11 Å². The van der Waals surface area contributed by atoms with Gasteiger partial charge in [0.25, 0.3) is 0 Å². The number of rotatable bonds is 2. The Balaban J connectivity index is 1.66. The molecule has 2 saturated carbocycles. The topological polar surface area (TPSA) is 24.5 Å². The average molecular weight is 266 g/mol. The molecule has 3 nitrogen and oxygen atoms in total. The third-order valence-corrected chi connectivity index (χ3v) is 5.79. The summed E-state index contributed by atoms with van der Waals surface area (Å²) in [6, 6.07) is 1.45. The second-order valence-corrected chi connectivity index (χ2v) is 7.07. The van der Waals surface area contributed by atoms with E-state index in [-0.39, 0.29) is 0 Å². The second kappa shape index (κ2) is 5.71. The van der Waals surface area contributed by atoms with Gasteiger partial charge in [-0.15, -0.1) is 0 Å². The van der Waals surface area contributed by atoms with Gasteiger partial charge in [-0.3, -0.25) is 4.90 Å². The minimum Gasteiger partial charge on any atom is -0.381 e. The van der Waals surface area contributed by atoms with E-state index < -0.39 is 0 Å². The zero-order chi connectivity index (χ0) is 13.3. The smallest absolute Gasteiger partial charge is 0.0586 e. The van der Waals surface area contributed by atoms with E-state index in [9.17, 15) is 0 Å². The molecule has 3 fully saturated rings. The number of nitrogens with one attached hydrogen (secondary N) is 1. The molecule has 3 aliphatic rings. The van der Waals surface area contributed by atoms with Gasteiger partial charge in [-0.1, -0.05) is 19.3 Å². The molecular formula is C16H30N2O. The molecule has 1 spiro atoms. The van der Waals surface area contributed by atoms with Crippen LogP contribution in [0.4, 0.5) is 0 Å². The van der Waals surface area contributed by atoms with Crippen molar-refractivity contribution < 1.29 is 4.74 Å². The van der Waals surface area contributed by atoms with Gasteiger partial charge in [0.15, 0.2) is 0 Å². The van der Waals surface area contributed by atoms with Crippen LogP contribution < -0.4 is 5.32 Å². The lowest BCUT2D eigenvalue weighted by Gasteiger charge is -2.51. The minimum atomic E-state index is 0.440. The highest BCUT2D eigenvalue weighted by molar-refractivity contribution is 5.01. The van der Waals surface area contributed by atoms with Crippen molar-refractivity contribution in [2.24, 2.45) is 0 Å². The van der Waals surface area contributed by atoms with E-state index in [4.69, 9.17) is 4.74 Å². The van der Waals surface area contributed by atoms with Crippen LogP contribution in [0.15, 0.2) is 0 Å². The predicted octanol–water partition coefficient (Wildman–Crippen LogP) is 2.55. The summed E-state index contributed by atoms with van der Waals surface area (Å²) in [5.74, 6) is 0. The lowest BCUT2D eigenvalue weighted by atomic mass is 9.79. The van der Waals surface area contributed by atoms with Crippen molar-refractivity contribution in [2.45, 2.75) is 82.0 Å². The summed E-state index contributed by atoms with van der Waals surface area (Å²) < 4.78 is 5.56. The maximum Gasteiger partial charge on any atom is 0.0586 e. The summed E-state index contributed by atoms with van der Waals surface area (Å²) in [6.45, 7) is 4.84. The fourth-order valence-corrected chi connectivity index (χ4v) is 4.53. The van der Waals surface area contributed by atoms with Gasteiger partial charge < -0.3 is 10.1 Å². The minimum absolute atomic E-state index is 0.440. The van der Waals surface area contributed by atoms with Crippen LogP contribution in [0.1, 0.15) is 58.3 Å². The quantitative estimate of drug-likeness (QED) is 0.831. The molecular weight excluding hydrogens is 236 g/mol. The number of piperazine rings is 1. The summed E-state index contributed by atoms with van der Waals surface area (Å²) in [5, 5.41) is 3.89. The molecule has 0 aromatic carbocycles. The first kappa shape index (κ1) is 13.8. The summed E-state index contributed by atoms with van der Waals surface area (Å²) >= 11 is 0. The Morgan fingerprint density at radius 2 is 1.95 bits per heavy atom. The Hall–Kier alpha value is -0.120. The lowest BCUT2D eigenvalue weighted by Crippen LogP contribution is -2.65. The van der Waals surface area contributed by atoms with Gasteiger partial charge in [-0.25, -0.2) is 0 Å². The van der Waals surface area contributed by atoms with Gasteiger partial charge in [-0.05, 0) is 39.0 Å². The maximum absolute atomic E-state index is 5.56. The lowest BCUT2D eigenvalue weighted by molar-refractivity contribution is 0.0248. The van der Waals surface area contributed by atoms with Crippen molar-refractivity contribution in [1.29, 1.82) is 0 Å². The molecule has 2 aliphatic carbocycles. The van der Waals surface area contributed by atoms with Gasteiger partial charge in [0.2, 0.25) is 0 Å². The van der Waals surface area contributed by atoms with Crippen LogP contribution in [0.25, 0.3) is 0 Å². The Bertz CT molecular complexity index is 301. The Morgan fingerprint density at radius 3 is 2.63 bits per heavy atom. The molecule has 3 unspecified atom stereocenters. The highest BCUT2D eigenvalue weighted by Gasteiger charge is 2.42. The molecule has 3 heteroatoms. The molecule has 1 N–H and O–H groups in total. The number of methoxy groups -OCH3 is 1. The molecule has 0 amide bonds. The van der Waals surface area contributed by atoms with Crippen LogP contribution in [0.5, 0.6) is 0 Å². The van der Waals surface area contributed by atoms with Gasteiger partial charge in [0, 0.05) is 37.8 Å². The summed E-state index contributed by atoms with van der Waals surface area (Å²) in [4.78, 5) is 2.81. The third-order valence-electron chi connectivity index (χ3n) is 5.79. The van der Waals surface area contributed by atoms with Crippen molar-refractivity contribution in [3.05, 3.63) is 0 Å². The average Bonchev–Trinajstić information content (AvgIpc) is 2.92. The SMILES string of the molecule is COC1CCC(N2CC3(CCCCC3)NCC2C)C1. The maximum atomic E-state index is 5.56. The van der Waals surface area contributed by atoms with Crippen LogP contribution >= 0.6 is 0 Å². The molecule has 110 valence electrons. The molecule has 0 radical (unpaired) electrons. The molecule has 1 saturated heterocycles. The second-order valence-electron chi connectivity index (χ2n) is 7.07. The van der Waals surface area contributed by atoms with E-state index in [1.165, 1.54) is 64.5 Å². The predicted molar refractivity (Wildman–Crippen MR) is 78.4 cm³/mol. The first-order valence-corrected chi connectivity index (χ1v) is 8.26. The Morgan fingerprint density at radius 1 is 1.16 bits per heavy atom. The molecule has 0 aromatic heterocycles. The molecule has 0 bridgehead atoms. The highest BCUT2D eigenvalue weighted by Crippen LogP contribution is 2.35. The summed E-state index contributed by atoms with van der Waals surface area (Å²) in [7, 11) is 1.87. The monoisotopic (exact) mass is 266 g/mol. The standard InChI is InChI=1S/C16H30N2O/c1-13-11-17-16(8-4-3-5-9-16)12-18(13)14-6-7-15(10-14)19-2/h13-15,17H,3-12H2,1-2H3. The molecule has 1 heterocycles. The fraction of sp³-hybridized carbons (Fsp3) is 1.00. The highest BCUT2D eigenvalue weighted by atomic mass is 16.5. The van der Waals surface area contributed by atoms with Crippen molar-refractivity contribution in [1.82, 2.24) is 10.2 Å². The molecule has 19 heavy (non-hydrogen) atoms. The largest absolute Gasteiger partial charge is 0.381 e. The van der Waals surface area contributed by atoms with E-state index in [1.54, 1.807) is 0 Å². The van der Waals surface area contributed by atoms with Gasteiger partial charge in [0.1, 0.15) is 0 Å². The van der Waals surface area contributed by atoms with E-state index in [0.717, 1.165) is 6.04 Å². The summed E-state index contributed by atoms with van der Waals surface area (Å²) in [6.07, 6.45) is 11.4. The molecule has 0 aromatic rings. The zero-order valence-corrected chi connectivity index (χ0v) is 12.7. The zero-order valence-electron chi connectivity index (χ0n) is 12.7. The normalized spacial score (nSPS) is 39.8.